The SMILES string of the molecule is Cl.N[C@H](CC(F)F)c1ccc(O)c(F)c1. The quantitative estimate of drug-likeness (QED) is 0.855. The molecule has 0 aromatic heterocycles. The molecular weight excluding hydrogens is 231 g/mol. The number of alkyl halides is 2. The summed E-state index contributed by atoms with van der Waals surface area (Å²) in [6.45, 7) is 0. The van der Waals surface area contributed by atoms with E-state index in [-0.39, 0.29) is 18.0 Å². The molecule has 1 aromatic rings. The highest BCUT2D eigenvalue weighted by Gasteiger charge is 2.14. The van der Waals surface area contributed by atoms with Gasteiger partial charge in [0.1, 0.15) is 0 Å². The van der Waals surface area contributed by atoms with E-state index >= 15 is 0 Å². The molecule has 0 spiro atoms. The first-order valence-electron chi connectivity index (χ1n) is 4.03. The summed E-state index contributed by atoms with van der Waals surface area (Å²) in [6, 6.07) is 2.47. The zero-order valence-electron chi connectivity index (χ0n) is 7.66. The predicted octanol–water partition coefficient (Wildman–Crippen LogP) is 2.61. The van der Waals surface area contributed by atoms with Crippen molar-refractivity contribution in [1.82, 2.24) is 0 Å². The molecule has 1 atom stereocenters. The van der Waals surface area contributed by atoms with E-state index in [1.165, 1.54) is 6.07 Å². The van der Waals surface area contributed by atoms with Crippen molar-refractivity contribution in [3.05, 3.63) is 29.6 Å². The number of rotatable bonds is 3. The average Bonchev–Trinajstić information content (AvgIpc) is 2.08. The minimum Gasteiger partial charge on any atom is -0.505 e. The van der Waals surface area contributed by atoms with Crippen LogP contribution in [0.3, 0.4) is 0 Å². The third-order valence-electron chi connectivity index (χ3n) is 1.83. The Morgan fingerprint density at radius 2 is 1.93 bits per heavy atom. The van der Waals surface area contributed by atoms with Crippen molar-refractivity contribution in [1.29, 1.82) is 0 Å². The van der Waals surface area contributed by atoms with Crippen LogP contribution in [0.1, 0.15) is 18.0 Å². The lowest BCUT2D eigenvalue weighted by Gasteiger charge is -2.11. The molecule has 0 radical (unpaired) electrons. The smallest absolute Gasteiger partial charge is 0.240 e. The summed E-state index contributed by atoms with van der Waals surface area (Å²) in [5.41, 5.74) is 5.64. The van der Waals surface area contributed by atoms with Crippen molar-refractivity contribution < 1.29 is 18.3 Å². The molecule has 86 valence electrons. The third kappa shape index (κ3) is 3.97. The molecule has 0 bridgehead atoms. The van der Waals surface area contributed by atoms with Crippen molar-refractivity contribution in [3.63, 3.8) is 0 Å². The molecular formula is C9H11ClF3NO. The number of phenols is 1. The Balaban J connectivity index is 0.00000196. The maximum absolute atomic E-state index is 12.8. The van der Waals surface area contributed by atoms with Gasteiger partial charge < -0.3 is 10.8 Å². The van der Waals surface area contributed by atoms with Gasteiger partial charge in [0.15, 0.2) is 11.6 Å². The second-order valence-electron chi connectivity index (χ2n) is 2.94. The standard InChI is InChI=1S/C9H10F3NO.ClH/c10-6-3-5(1-2-8(6)14)7(13)4-9(11)12;/h1-3,7,9,14H,4,13H2;1H/t7-;/m1./s1. The highest BCUT2D eigenvalue weighted by atomic mass is 35.5. The van der Waals surface area contributed by atoms with Crippen LogP contribution in [-0.4, -0.2) is 11.5 Å². The zero-order chi connectivity index (χ0) is 10.7. The van der Waals surface area contributed by atoms with Crippen molar-refractivity contribution in [2.24, 2.45) is 5.73 Å². The van der Waals surface area contributed by atoms with Gasteiger partial charge in [-0.25, -0.2) is 13.2 Å². The Morgan fingerprint density at radius 3 is 2.40 bits per heavy atom. The topological polar surface area (TPSA) is 46.2 Å². The Kier molecular flexibility index (Phi) is 5.46. The fraction of sp³-hybridized carbons (Fsp3) is 0.333. The molecule has 2 nitrogen and oxygen atoms in total. The predicted molar refractivity (Wildman–Crippen MR) is 52.9 cm³/mol. The van der Waals surface area contributed by atoms with Gasteiger partial charge in [-0.15, -0.1) is 12.4 Å². The summed E-state index contributed by atoms with van der Waals surface area (Å²) in [4.78, 5) is 0. The Morgan fingerprint density at radius 1 is 1.33 bits per heavy atom. The summed E-state index contributed by atoms with van der Waals surface area (Å²) in [5, 5.41) is 8.84. The first kappa shape index (κ1) is 14.1. The molecule has 1 aromatic carbocycles. The van der Waals surface area contributed by atoms with E-state index < -0.39 is 30.5 Å². The molecule has 0 saturated heterocycles. The third-order valence-corrected chi connectivity index (χ3v) is 1.83. The van der Waals surface area contributed by atoms with E-state index in [0.717, 1.165) is 12.1 Å². The Labute approximate surface area is 91.3 Å². The van der Waals surface area contributed by atoms with Crippen molar-refractivity contribution in [3.8, 4) is 5.75 Å². The lowest BCUT2D eigenvalue weighted by atomic mass is 10.0. The van der Waals surface area contributed by atoms with Crippen LogP contribution in [0.15, 0.2) is 18.2 Å². The molecule has 0 aliphatic carbocycles. The molecule has 0 saturated carbocycles. The van der Waals surface area contributed by atoms with Crippen LogP contribution in [0, 0.1) is 5.82 Å². The summed E-state index contributed by atoms with van der Waals surface area (Å²) < 4.78 is 36.6. The van der Waals surface area contributed by atoms with E-state index in [1.807, 2.05) is 0 Å². The molecule has 15 heavy (non-hydrogen) atoms. The first-order chi connectivity index (χ1) is 6.50. The van der Waals surface area contributed by atoms with Gasteiger partial charge >= 0.3 is 0 Å². The van der Waals surface area contributed by atoms with Gasteiger partial charge in [0, 0.05) is 12.5 Å². The average molecular weight is 242 g/mol. The molecule has 0 unspecified atom stereocenters. The van der Waals surface area contributed by atoms with Gasteiger partial charge in [-0.3, -0.25) is 0 Å². The maximum atomic E-state index is 12.8. The van der Waals surface area contributed by atoms with Gasteiger partial charge in [-0.1, -0.05) is 6.07 Å². The monoisotopic (exact) mass is 241 g/mol. The number of nitrogens with two attached hydrogens (primary N) is 1. The van der Waals surface area contributed by atoms with Gasteiger partial charge in [-0.2, -0.15) is 0 Å². The normalized spacial score (nSPS) is 12.3. The van der Waals surface area contributed by atoms with Crippen LogP contribution >= 0.6 is 12.4 Å². The summed E-state index contributed by atoms with van der Waals surface area (Å²) in [6.07, 6.45) is -3.05. The van der Waals surface area contributed by atoms with Crippen molar-refractivity contribution in [2.75, 3.05) is 0 Å². The number of aromatic hydroxyl groups is 1. The van der Waals surface area contributed by atoms with Gasteiger partial charge in [0.05, 0.1) is 0 Å². The maximum Gasteiger partial charge on any atom is 0.240 e. The molecule has 0 aliphatic rings. The Bertz CT molecular complexity index is 322. The summed E-state index contributed by atoms with van der Waals surface area (Å²) in [5.74, 6) is -1.37. The van der Waals surface area contributed by atoms with Gasteiger partial charge in [0.2, 0.25) is 6.43 Å². The zero-order valence-corrected chi connectivity index (χ0v) is 8.48. The van der Waals surface area contributed by atoms with E-state index in [2.05, 4.69) is 0 Å². The van der Waals surface area contributed by atoms with Crippen LogP contribution in [-0.2, 0) is 0 Å². The highest BCUT2D eigenvalue weighted by Crippen LogP contribution is 2.23. The van der Waals surface area contributed by atoms with Gasteiger partial charge in [-0.05, 0) is 17.7 Å². The number of phenolic OH excluding ortho intramolecular Hbond substituents is 1. The van der Waals surface area contributed by atoms with Crippen LogP contribution in [0.5, 0.6) is 5.75 Å². The molecule has 0 aliphatic heterocycles. The minimum atomic E-state index is -2.53. The first-order valence-corrected chi connectivity index (χ1v) is 4.03. The number of hydrogen-bond donors (Lipinski definition) is 2. The molecule has 1 rings (SSSR count). The van der Waals surface area contributed by atoms with Crippen molar-refractivity contribution in [2.45, 2.75) is 18.9 Å². The number of halogens is 4. The molecule has 0 heterocycles. The van der Waals surface area contributed by atoms with Gasteiger partial charge in [0.25, 0.3) is 0 Å². The fourth-order valence-corrected chi connectivity index (χ4v) is 1.08. The number of hydrogen-bond acceptors (Lipinski definition) is 2. The molecule has 0 amide bonds. The minimum absolute atomic E-state index is 0. The summed E-state index contributed by atoms with van der Waals surface area (Å²) in [7, 11) is 0. The molecule has 6 heteroatoms. The van der Waals surface area contributed by atoms with E-state index in [0.29, 0.717) is 0 Å². The number of benzene rings is 1. The van der Waals surface area contributed by atoms with Crippen molar-refractivity contribution >= 4 is 12.4 Å². The van der Waals surface area contributed by atoms with Crippen LogP contribution < -0.4 is 5.73 Å². The lowest BCUT2D eigenvalue weighted by Crippen LogP contribution is -2.14. The van der Waals surface area contributed by atoms with Crippen LogP contribution in [0.25, 0.3) is 0 Å². The molecule has 0 fully saturated rings. The second-order valence-corrected chi connectivity index (χ2v) is 2.94. The second kappa shape index (κ2) is 5.82. The van der Waals surface area contributed by atoms with E-state index in [1.54, 1.807) is 0 Å². The highest BCUT2D eigenvalue weighted by molar-refractivity contribution is 5.85. The lowest BCUT2D eigenvalue weighted by molar-refractivity contribution is 0.128. The fourth-order valence-electron chi connectivity index (χ4n) is 1.08. The van der Waals surface area contributed by atoms with Crippen LogP contribution in [0.4, 0.5) is 13.2 Å². The Hall–Kier alpha value is -0.940. The molecule has 3 N–H and O–H groups in total. The largest absolute Gasteiger partial charge is 0.505 e. The van der Waals surface area contributed by atoms with E-state index in [9.17, 15) is 13.2 Å². The van der Waals surface area contributed by atoms with Crippen LogP contribution in [0.2, 0.25) is 0 Å². The van der Waals surface area contributed by atoms with E-state index in [4.69, 9.17) is 10.8 Å². The summed E-state index contributed by atoms with van der Waals surface area (Å²) >= 11 is 0.